The van der Waals surface area contributed by atoms with E-state index in [0.29, 0.717) is 0 Å². The van der Waals surface area contributed by atoms with Crippen LogP contribution in [0.2, 0.25) is 0 Å². The van der Waals surface area contributed by atoms with Gasteiger partial charge in [-0.3, -0.25) is 9.58 Å². The SMILES string of the molecule is Cc1ccc(CN2CCCn3nc([C@@H](O)c4ccccc4)cc3C2)cc1. The molecule has 134 valence electrons. The Hall–Kier alpha value is -2.43. The van der Waals surface area contributed by atoms with Crippen LogP contribution >= 0.6 is 0 Å². The lowest BCUT2D eigenvalue weighted by Crippen LogP contribution is -2.22. The van der Waals surface area contributed by atoms with Crippen LogP contribution in [0, 0.1) is 6.92 Å². The quantitative estimate of drug-likeness (QED) is 0.783. The maximum atomic E-state index is 10.6. The van der Waals surface area contributed by atoms with Crippen LogP contribution in [-0.2, 0) is 19.6 Å². The predicted octanol–water partition coefficient (Wildman–Crippen LogP) is 3.68. The Morgan fingerprint density at radius 1 is 1.04 bits per heavy atom. The number of hydrogen-bond donors (Lipinski definition) is 1. The molecule has 1 atom stereocenters. The van der Waals surface area contributed by atoms with Crippen LogP contribution in [0.3, 0.4) is 0 Å². The Bertz CT molecular complexity index is 855. The molecule has 4 heteroatoms. The van der Waals surface area contributed by atoms with Crippen molar-refractivity contribution in [2.24, 2.45) is 0 Å². The fraction of sp³-hybridized carbons (Fsp3) is 0.318. The van der Waals surface area contributed by atoms with Gasteiger partial charge in [0.25, 0.3) is 0 Å². The molecule has 2 heterocycles. The third kappa shape index (κ3) is 3.71. The Labute approximate surface area is 154 Å². The molecule has 0 saturated carbocycles. The molecule has 4 rings (SSSR count). The molecule has 0 spiro atoms. The number of rotatable bonds is 4. The van der Waals surface area contributed by atoms with E-state index in [-0.39, 0.29) is 0 Å². The molecular weight excluding hydrogens is 322 g/mol. The summed E-state index contributed by atoms with van der Waals surface area (Å²) in [6.45, 7) is 5.90. The minimum Gasteiger partial charge on any atom is -0.382 e. The van der Waals surface area contributed by atoms with E-state index < -0.39 is 6.10 Å². The molecule has 0 saturated heterocycles. The highest BCUT2D eigenvalue weighted by Crippen LogP contribution is 2.24. The first kappa shape index (κ1) is 17.0. The van der Waals surface area contributed by atoms with Gasteiger partial charge in [-0.1, -0.05) is 60.2 Å². The third-order valence-electron chi connectivity index (χ3n) is 5.03. The molecule has 1 aromatic heterocycles. The Balaban J connectivity index is 1.51. The van der Waals surface area contributed by atoms with Crippen LogP contribution in [0.25, 0.3) is 0 Å². The maximum absolute atomic E-state index is 10.6. The van der Waals surface area contributed by atoms with E-state index in [2.05, 4.69) is 51.9 Å². The number of benzene rings is 2. The minimum absolute atomic E-state index is 0.666. The van der Waals surface area contributed by atoms with Crippen molar-refractivity contribution in [3.05, 3.63) is 88.7 Å². The van der Waals surface area contributed by atoms with Crippen LogP contribution in [0.5, 0.6) is 0 Å². The fourth-order valence-corrected chi connectivity index (χ4v) is 3.58. The Morgan fingerprint density at radius 2 is 1.81 bits per heavy atom. The fourth-order valence-electron chi connectivity index (χ4n) is 3.58. The van der Waals surface area contributed by atoms with Crippen LogP contribution in [0.4, 0.5) is 0 Å². The molecule has 26 heavy (non-hydrogen) atoms. The van der Waals surface area contributed by atoms with Gasteiger partial charge < -0.3 is 5.11 Å². The number of hydrogen-bond acceptors (Lipinski definition) is 3. The van der Waals surface area contributed by atoms with Crippen LogP contribution < -0.4 is 0 Å². The lowest BCUT2D eigenvalue weighted by atomic mass is 10.1. The van der Waals surface area contributed by atoms with E-state index in [0.717, 1.165) is 43.9 Å². The average Bonchev–Trinajstić information content (AvgIpc) is 2.97. The summed E-state index contributed by atoms with van der Waals surface area (Å²) in [5.41, 5.74) is 5.44. The zero-order valence-electron chi connectivity index (χ0n) is 15.2. The van der Waals surface area contributed by atoms with Crippen LogP contribution in [-0.4, -0.2) is 26.3 Å². The molecule has 4 nitrogen and oxygen atoms in total. The highest BCUT2D eigenvalue weighted by atomic mass is 16.3. The summed E-state index contributed by atoms with van der Waals surface area (Å²) >= 11 is 0. The molecule has 3 aromatic rings. The normalized spacial score (nSPS) is 16.1. The summed E-state index contributed by atoms with van der Waals surface area (Å²) in [5.74, 6) is 0. The standard InChI is InChI=1S/C22H25N3O/c1-17-8-10-18(11-9-17)15-24-12-5-13-25-20(16-24)14-21(23-25)22(26)19-6-3-2-4-7-19/h2-4,6-11,14,22,26H,5,12-13,15-16H2,1H3/t22-/m0/s1. The number of nitrogens with zero attached hydrogens (tertiary/aromatic N) is 3. The molecule has 1 N–H and O–H groups in total. The van der Waals surface area contributed by atoms with Crippen molar-refractivity contribution >= 4 is 0 Å². The van der Waals surface area contributed by atoms with Gasteiger partial charge >= 0.3 is 0 Å². The Morgan fingerprint density at radius 3 is 2.58 bits per heavy atom. The van der Waals surface area contributed by atoms with E-state index in [9.17, 15) is 5.11 Å². The summed E-state index contributed by atoms with van der Waals surface area (Å²) < 4.78 is 2.07. The summed E-state index contributed by atoms with van der Waals surface area (Å²) in [7, 11) is 0. The van der Waals surface area contributed by atoms with E-state index >= 15 is 0 Å². The van der Waals surface area contributed by atoms with Crippen molar-refractivity contribution in [3.63, 3.8) is 0 Å². The van der Waals surface area contributed by atoms with Crippen LogP contribution in [0.15, 0.2) is 60.7 Å². The lowest BCUT2D eigenvalue weighted by molar-refractivity contribution is 0.213. The molecule has 0 radical (unpaired) electrons. The molecule has 0 unspecified atom stereocenters. The minimum atomic E-state index is -0.666. The first-order valence-electron chi connectivity index (χ1n) is 9.26. The lowest BCUT2D eigenvalue weighted by Gasteiger charge is -2.19. The van der Waals surface area contributed by atoms with Gasteiger partial charge in [0.2, 0.25) is 0 Å². The van der Waals surface area contributed by atoms with E-state index in [1.165, 1.54) is 16.8 Å². The summed E-state index contributed by atoms with van der Waals surface area (Å²) in [4.78, 5) is 2.46. The second kappa shape index (κ2) is 7.44. The zero-order valence-corrected chi connectivity index (χ0v) is 15.2. The first-order chi connectivity index (χ1) is 12.7. The molecule has 0 fully saturated rings. The number of aliphatic hydroxyl groups excluding tert-OH is 1. The molecule has 0 amide bonds. The van der Waals surface area contributed by atoms with Crippen LogP contribution in [0.1, 0.15) is 40.6 Å². The largest absolute Gasteiger partial charge is 0.382 e. The summed E-state index contributed by atoms with van der Waals surface area (Å²) in [6, 6.07) is 20.6. The second-order valence-electron chi connectivity index (χ2n) is 7.15. The highest BCUT2D eigenvalue weighted by Gasteiger charge is 2.20. The van der Waals surface area contributed by atoms with Crippen molar-refractivity contribution in [2.75, 3.05) is 6.54 Å². The van der Waals surface area contributed by atoms with E-state index in [4.69, 9.17) is 0 Å². The number of aromatic nitrogens is 2. The van der Waals surface area contributed by atoms with Crippen molar-refractivity contribution < 1.29 is 5.11 Å². The molecular formula is C22H25N3O. The third-order valence-corrected chi connectivity index (χ3v) is 5.03. The first-order valence-corrected chi connectivity index (χ1v) is 9.26. The van der Waals surface area contributed by atoms with Crippen molar-refractivity contribution in [3.8, 4) is 0 Å². The second-order valence-corrected chi connectivity index (χ2v) is 7.15. The highest BCUT2D eigenvalue weighted by molar-refractivity contribution is 5.27. The summed E-state index contributed by atoms with van der Waals surface area (Å²) in [6.07, 6.45) is 0.405. The van der Waals surface area contributed by atoms with Gasteiger partial charge in [-0.25, -0.2) is 0 Å². The van der Waals surface area contributed by atoms with Gasteiger partial charge in [-0.05, 0) is 30.5 Å². The van der Waals surface area contributed by atoms with Gasteiger partial charge in [-0.15, -0.1) is 0 Å². The van der Waals surface area contributed by atoms with Gasteiger partial charge in [0.1, 0.15) is 6.10 Å². The van der Waals surface area contributed by atoms with Gasteiger partial charge in [0.05, 0.1) is 11.4 Å². The van der Waals surface area contributed by atoms with Gasteiger partial charge in [0, 0.05) is 26.2 Å². The molecule has 0 aliphatic carbocycles. The molecule has 0 bridgehead atoms. The molecule has 2 aromatic carbocycles. The predicted molar refractivity (Wildman–Crippen MR) is 103 cm³/mol. The number of aliphatic hydroxyl groups is 1. The van der Waals surface area contributed by atoms with Crippen molar-refractivity contribution in [2.45, 2.75) is 39.1 Å². The monoisotopic (exact) mass is 347 g/mol. The number of fused-ring (bicyclic) bond motifs is 1. The van der Waals surface area contributed by atoms with Gasteiger partial charge in [0.15, 0.2) is 0 Å². The van der Waals surface area contributed by atoms with E-state index in [1.54, 1.807) is 0 Å². The molecule has 1 aliphatic rings. The topological polar surface area (TPSA) is 41.3 Å². The molecule has 1 aliphatic heterocycles. The zero-order chi connectivity index (χ0) is 17.9. The smallest absolute Gasteiger partial charge is 0.123 e. The Kier molecular flexibility index (Phi) is 4.87. The summed E-state index contributed by atoms with van der Waals surface area (Å²) in [5, 5.41) is 15.3. The van der Waals surface area contributed by atoms with E-state index in [1.807, 2.05) is 30.3 Å². The maximum Gasteiger partial charge on any atom is 0.123 e. The van der Waals surface area contributed by atoms with Crippen molar-refractivity contribution in [1.82, 2.24) is 14.7 Å². The van der Waals surface area contributed by atoms with Gasteiger partial charge in [-0.2, -0.15) is 5.10 Å². The number of aryl methyl sites for hydroxylation is 2. The average molecular weight is 347 g/mol. The van der Waals surface area contributed by atoms with Crippen molar-refractivity contribution in [1.29, 1.82) is 0 Å².